The molecule has 0 spiro atoms. The molecule has 0 aliphatic rings. The van der Waals surface area contributed by atoms with Gasteiger partial charge in [0, 0.05) is 6.54 Å². The molecule has 1 amide bonds. The molecule has 1 atom stereocenters. The first kappa shape index (κ1) is 28.6. The van der Waals surface area contributed by atoms with Crippen LogP contribution in [0.1, 0.15) is 33.3 Å². The van der Waals surface area contributed by atoms with Crippen molar-refractivity contribution in [2.75, 3.05) is 13.2 Å². The zero-order valence-electron chi connectivity index (χ0n) is 19.5. The summed E-state index contributed by atoms with van der Waals surface area (Å²) in [5, 5.41) is 2.49. The van der Waals surface area contributed by atoms with Crippen LogP contribution in [0.15, 0.2) is 63.2 Å². The average Bonchev–Trinajstić information content (AvgIpc) is 2.75. The number of hydrogen-bond acceptors (Lipinski definition) is 6. The number of halogens is 3. The highest BCUT2D eigenvalue weighted by Gasteiger charge is 2.38. The van der Waals surface area contributed by atoms with Gasteiger partial charge in [0.05, 0.1) is 26.3 Å². The molecule has 2 aromatic rings. The van der Waals surface area contributed by atoms with Crippen LogP contribution in [0, 0.1) is 5.41 Å². The van der Waals surface area contributed by atoms with Gasteiger partial charge in [-0.15, -0.1) is 0 Å². The maximum atomic E-state index is 13.6. The average molecular weight is 537 g/mol. The molecule has 8 nitrogen and oxygen atoms in total. The monoisotopic (exact) mass is 536 g/mol. The zero-order chi connectivity index (χ0) is 26.7. The number of sulfonamides is 1. The van der Waals surface area contributed by atoms with Crippen molar-refractivity contribution in [3.8, 4) is 0 Å². The number of ether oxygens (including phenoxy) is 1. The Hall–Kier alpha value is -2.64. The smallest absolute Gasteiger partial charge is 0.417 e. The van der Waals surface area contributed by atoms with Crippen molar-refractivity contribution in [1.82, 2.24) is 10.0 Å². The molecule has 0 fully saturated rings. The Morgan fingerprint density at radius 3 is 2.11 bits per heavy atom. The first-order valence-corrected chi connectivity index (χ1v) is 13.3. The van der Waals surface area contributed by atoms with Crippen molar-refractivity contribution in [2.45, 2.75) is 54.6 Å². The minimum absolute atomic E-state index is 0.209. The van der Waals surface area contributed by atoms with E-state index in [0.29, 0.717) is 18.2 Å². The van der Waals surface area contributed by atoms with E-state index in [2.05, 4.69) is 5.32 Å². The highest BCUT2D eigenvalue weighted by Crippen LogP contribution is 2.36. The Balaban J connectivity index is 2.32. The fourth-order valence-electron chi connectivity index (χ4n) is 2.81. The van der Waals surface area contributed by atoms with Crippen LogP contribution in [0.3, 0.4) is 0 Å². The maximum Gasteiger partial charge on any atom is 0.417 e. The van der Waals surface area contributed by atoms with E-state index >= 15 is 0 Å². The number of sulfone groups is 1. The fourth-order valence-corrected chi connectivity index (χ4v) is 5.68. The number of rotatable bonds is 8. The van der Waals surface area contributed by atoms with Gasteiger partial charge in [-0.25, -0.2) is 26.4 Å². The summed E-state index contributed by atoms with van der Waals surface area (Å²) in [7, 11) is -9.16. The van der Waals surface area contributed by atoms with Crippen LogP contribution in [-0.2, 0) is 30.8 Å². The summed E-state index contributed by atoms with van der Waals surface area (Å²) in [4.78, 5) is 9.69. The summed E-state index contributed by atoms with van der Waals surface area (Å²) in [6.45, 7) is 6.70. The Morgan fingerprint density at radius 2 is 1.57 bits per heavy atom. The minimum Gasteiger partial charge on any atom is -0.448 e. The molecule has 1 unspecified atom stereocenters. The topological polar surface area (TPSA) is 119 Å². The molecule has 0 saturated carbocycles. The van der Waals surface area contributed by atoms with Gasteiger partial charge < -0.3 is 10.1 Å². The van der Waals surface area contributed by atoms with E-state index in [-0.39, 0.29) is 16.9 Å². The lowest BCUT2D eigenvalue weighted by Gasteiger charge is -2.20. The molecular weight excluding hydrogens is 509 g/mol. The zero-order valence-corrected chi connectivity index (χ0v) is 21.1. The summed E-state index contributed by atoms with van der Waals surface area (Å²) in [6.07, 6.45) is -5.90. The number of alkyl carbamates (subject to hydrolysis) is 1. The van der Waals surface area contributed by atoms with Gasteiger partial charge in [0.1, 0.15) is 6.61 Å². The standard InChI is InChI=1S/C22H27F3N2O6S2/c1-15(13-33-20(28)26-14-21(2,3)4)27-35(31,32)19-12-17(10-11-18(19)22(23,24)25)34(29,30)16-8-6-5-7-9-16/h5-12,15,27H,13-14H2,1-4H3,(H,26,28). The van der Waals surface area contributed by atoms with E-state index in [4.69, 9.17) is 4.74 Å². The van der Waals surface area contributed by atoms with Crippen molar-refractivity contribution in [2.24, 2.45) is 5.41 Å². The van der Waals surface area contributed by atoms with Crippen molar-refractivity contribution >= 4 is 26.0 Å². The molecule has 0 aliphatic carbocycles. The van der Waals surface area contributed by atoms with E-state index in [1.807, 2.05) is 25.5 Å². The molecule has 0 bridgehead atoms. The number of alkyl halides is 3. The summed E-state index contributed by atoms with van der Waals surface area (Å²) >= 11 is 0. The van der Waals surface area contributed by atoms with Gasteiger partial charge in [0.25, 0.3) is 0 Å². The molecule has 35 heavy (non-hydrogen) atoms. The second-order valence-corrected chi connectivity index (χ2v) is 12.6. The molecule has 0 aliphatic heterocycles. The van der Waals surface area contributed by atoms with Crippen LogP contribution in [-0.4, -0.2) is 42.1 Å². The molecule has 2 N–H and O–H groups in total. The number of amides is 1. The van der Waals surface area contributed by atoms with Crippen LogP contribution >= 0.6 is 0 Å². The second kappa shape index (κ2) is 10.5. The molecule has 0 heterocycles. The Morgan fingerprint density at radius 1 is 0.971 bits per heavy atom. The molecule has 0 aromatic heterocycles. The van der Waals surface area contributed by atoms with Gasteiger partial charge in [0.2, 0.25) is 19.9 Å². The van der Waals surface area contributed by atoms with E-state index < -0.39 is 60.1 Å². The lowest BCUT2D eigenvalue weighted by molar-refractivity contribution is -0.139. The second-order valence-electron chi connectivity index (χ2n) is 9.01. The van der Waals surface area contributed by atoms with Crippen molar-refractivity contribution in [3.05, 3.63) is 54.1 Å². The van der Waals surface area contributed by atoms with Gasteiger partial charge >= 0.3 is 12.3 Å². The molecule has 194 valence electrons. The highest BCUT2D eigenvalue weighted by molar-refractivity contribution is 7.91. The van der Waals surface area contributed by atoms with Gasteiger partial charge in [-0.2, -0.15) is 13.2 Å². The number of nitrogens with one attached hydrogen (secondary N) is 2. The van der Waals surface area contributed by atoms with Crippen LogP contribution in [0.2, 0.25) is 0 Å². The van der Waals surface area contributed by atoms with Gasteiger partial charge in [0.15, 0.2) is 0 Å². The van der Waals surface area contributed by atoms with Crippen LogP contribution in [0.4, 0.5) is 18.0 Å². The third-order valence-electron chi connectivity index (χ3n) is 4.50. The van der Waals surface area contributed by atoms with Crippen molar-refractivity contribution in [1.29, 1.82) is 0 Å². The SMILES string of the molecule is CC(COC(=O)NCC(C)(C)C)NS(=O)(=O)c1cc(S(=O)(=O)c2ccccc2)ccc1C(F)(F)F. The molecular formula is C22H27F3N2O6S2. The summed E-state index contributed by atoms with van der Waals surface area (Å²) in [6, 6.07) is 7.35. The van der Waals surface area contributed by atoms with Crippen molar-refractivity contribution in [3.63, 3.8) is 0 Å². The number of carbonyl (C=O) groups excluding carboxylic acids is 1. The van der Waals surface area contributed by atoms with E-state index in [1.54, 1.807) is 6.07 Å². The molecule has 2 rings (SSSR count). The lowest BCUT2D eigenvalue weighted by atomic mass is 9.97. The van der Waals surface area contributed by atoms with Crippen LogP contribution < -0.4 is 10.0 Å². The molecule has 0 saturated heterocycles. The Labute approximate surface area is 202 Å². The fraction of sp³-hybridized carbons (Fsp3) is 0.409. The van der Waals surface area contributed by atoms with E-state index in [1.165, 1.54) is 31.2 Å². The van der Waals surface area contributed by atoms with Crippen LogP contribution in [0.5, 0.6) is 0 Å². The summed E-state index contributed by atoms with van der Waals surface area (Å²) < 4.78 is 99.1. The highest BCUT2D eigenvalue weighted by atomic mass is 32.2. The first-order valence-electron chi connectivity index (χ1n) is 10.4. The minimum atomic E-state index is -5.08. The summed E-state index contributed by atoms with van der Waals surface area (Å²) in [5.74, 6) is 0. The largest absolute Gasteiger partial charge is 0.448 e. The summed E-state index contributed by atoms with van der Waals surface area (Å²) in [5.41, 5.74) is -1.77. The van der Waals surface area contributed by atoms with Gasteiger partial charge in [-0.05, 0) is 42.7 Å². The Bertz CT molecular complexity index is 1260. The Kier molecular flexibility index (Phi) is 8.61. The maximum absolute atomic E-state index is 13.6. The van der Waals surface area contributed by atoms with Gasteiger partial charge in [-0.3, -0.25) is 0 Å². The van der Waals surface area contributed by atoms with E-state index in [0.717, 1.165) is 0 Å². The third-order valence-corrected chi connectivity index (χ3v) is 7.89. The first-order chi connectivity index (χ1) is 15.9. The number of benzene rings is 2. The number of carbonyl (C=O) groups is 1. The predicted octanol–water partition coefficient (Wildman–Crippen LogP) is 3.98. The predicted molar refractivity (Wildman–Crippen MR) is 122 cm³/mol. The van der Waals surface area contributed by atoms with E-state index in [9.17, 15) is 34.8 Å². The normalized spacial score (nSPS) is 13.8. The number of hydrogen-bond donors (Lipinski definition) is 2. The van der Waals surface area contributed by atoms with Gasteiger partial charge in [-0.1, -0.05) is 39.0 Å². The lowest BCUT2D eigenvalue weighted by Crippen LogP contribution is -2.39. The quantitative estimate of drug-likeness (QED) is 0.527. The third kappa shape index (κ3) is 7.94. The van der Waals surface area contributed by atoms with Crippen molar-refractivity contribution < 1.29 is 39.5 Å². The molecule has 13 heteroatoms. The molecule has 0 radical (unpaired) electrons. The van der Waals surface area contributed by atoms with Crippen LogP contribution in [0.25, 0.3) is 0 Å². The molecule has 2 aromatic carbocycles.